The standard InChI is InChI=1S/C16H17BrN2O/c1-10-8-9-14(12(3)18-10)16(20)19-15-7-5-4-6-13(15)11(2)17/h4-9,11H,1-3H3,(H,19,20). The van der Waals surface area contributed by atoms with Gasteiger partial charge in [-0.1, -0.05) is 34.1 Å². The SMILES string of the molecule is Cc1ccc(C(=O)Nc2ccccc2C(C)Br)c(C)n1. The van der Waals surface area contributed by atoms with E-state index in [1.807, 2.05) is 57.2 Å². The number of nitrogens with one attached hydrogen (secondary N) is 1. The molecule has 0 aliphatic heterocycles. The molecular weight excluding hydrogens is 316 g/mol. The lowest BCUT2D eigenvalue weighted by atomic mass is 10.1. The lowest BCUT2D eigenvalue weighted by Crippen LogP contribution is -2.15. The molecule has 20 heavy (non-hydrogen) atoms. The first kappa shape index (κ1) is 14.7. The number of nitrogens with zero attached hydrogens (tertiary/aromatic N) is 1. The topological polar surface area (TPSA) is 42.0 Å². The van der Waals surface area contributed by atoms with Crippen molar-refractivity contribution in [2.45, 2.75) is 25.6 Å². The zero-order chi connectivity index (χ0) is 14.7. The monoisotopic (exact) mass is 332 g/mol. The number of anilines is 1. The van der Waals surface area contributed by atoms with Crippen LogP contribution in [0.5, 0.6) is 0 Å². The lowest BCUT2D eigenvalue weighted by molar-refractivity contribution is 0.102. The summed E-state index contributed by atoms with van der Waals surface area (Å²) in [6, 6.07) is 11.4. The van der Waals surface area contributed by atoms with Crippen molar-refractivity contribution < 1.29 is 4.79 Å². The second-order valence-electron chi connectivity index (χ2n) is 4.74. The highest BCUT2D eigenvalue weighted by Crippen LogP contribution is 2.29. The van der Waals surface area contributed by atoms with Crippen molar-refractivity contribution >= 4 is 27.5 Å². The number of carbonyl (C=O) groups is 1. The number of para-hydroxylation sites is 1. The molecule has 0 saturated heterocycles. The summed E-state index contributed by atoms with van der Waals surface area (Å²) in [5.41, 5.74) is 4.13. The fourth-order valence-corrected chi connectivity index (χ4v) is 2.47. The first-order valence-corrected chi connectivity index (χ1v) is 7.39. The van der Waals surface area contributed by atoms with Crippen LogP contribution in [0, 0.1) is 13.8 Å². The summed E-state index contributed by atoms with van der Waals surface area (Å²) in [6.07, 6.45) is 0. The van der Waals surface area contributed by atoms with Gasteiger partial charge in [-0.2, -0.15) is 0 Å². The molecule has 4 heteroatoms. The van der Waals surface area contributed by atoms with Gasteiger partial charge in [0.25, 0.3) is 5.91 Å². The van der Waals surface area contributed by atoms with Crippen molar-refractivity contribution in [1.82, 2.24) is 4.98 Å². The van der Waals surface area contributed by atoms with Crippen LogP contribution in [0.3, 0.4) is 0 Å². The number of hydrogen-bond donors (Lipinski definition) is 1. The van der Waals surface area contributed by atoms with Crippen LogP contribution in [-0.2, 0) is 0 Å². The summed E-state index contributed by atoms with van der Waals surface area (Å²) in [4.78, 5) is 16.9. The first-order valence-electron chi connectivity index (χ1n) is 6.47. The van der Waals surface area contributed by atoms with Crippen LogP contribution in [0.25, 0.3) is 0 Å². The molecule has 1 N–H and O–H groups in total. The molecule has 0 radical (unpaired) electrons. The molecular formula is C16H17BrN2O. The van der Waals surface area contributed by atoms with Crippen LogP contribution in [0.15, 0.2) is 36.4 Å². The molecule has 3 nitrogen and oxygen atoms in total. The van der Waals surface area contributed by atoms with Crippen molar-refractivity contribution in [3.63, 3.8) is 0 Å². The minimum atomic E-state index is -0.129. The van der Waals surface area contributed by atoms with E-state index in [4.69, 9.17) is 0 Å². The average Bonchev–Trinajstić information content (AvgIpc) is 2.38. The maximum Gasteiger partial charge on any atom is 0.257 e. The number of halogens is 1. The Hall–Kier alpha value is -1.68. The van der Waals surface area contributed by atoms with Crippen molar-refractivity contribution in [2.75, 3.05) is 5.32 Å². The third kappa shape index (κ3) is 3.25. The minimum absolute atomic E-state index is 0.129. The van der Waals surface area contributed by atoms with Crippen molar-refractivity contribution in [3.05, 3.63) is 58.9 Å². The molecule has 2 rings (SSSR count). The lowest BCUT2D eigenvalue weighted by Gasteiger charge is -2.13. The number of benzene rings is 1. The highest BCUT2D eigenvalue weighted by Gasteiger charge is 2.13. The number of amides is 1. The molecule has 1 heterocycles. The Labute approximate surface area is 127 Å². The molecule has 1 amide bonds. The molecule has 1 aromatic carbocycles. The highest BCUT2D eigenvalue weighted by molar-refractivity contribution is 9.09. The Kier molecular flexibility index (Phi) is 4.55. The van der Waals surface area contributed by atoms with Gasteiger partial charge in [0.05, 0.1) is 11.3 Å². The van der Waals surface area contributed by atoms with E-state index in [1.54, 1.807) is 0 Å². The largest absolute Gasteiger partial charge is 0.322 e. The van der Waals surface area contributed by atoms with Gasteiger partial charge in [-0.05, 0) is 44.5 Å². The van der Waals surface area contributed by atoms with Crippen LogP contribution < -0.4 is 5.32 Å². The molecule has 2 aromatic rings. The normalized spacial score (nSPS) is 12.0. The van der Waals surface area contributed by atoms with E-state index < -0.39 is 0 Å². The highest BCUT2D eigenvalue weighted by atomic mass is 79.9. The van der Waals surface area contributed by atoms with Gasteiger partial charge in [-0.15, -0.1) is 0 Å². The molecule has 1 atom stereocenters. The summed E-state index contributed by atoms with van der Waals surface area (Å²) in [5.74, 6) is -0.129. The van der Waals surface area contributed by atoms with Crippen LogP contribution in [0.2, 0.25) is 0 Å². The zero-order valence-corrected chi connectivity index (χ0v) is 13.4. The number of alkyl halides is 1. The zero-order valence-electron chi connectivity index (χ0n) is 11.8. The number of aryl methyl sites for hydroxylation is 2. The number of pyridine rings is 1. The van der Waals surface area contributed by atoms with E-state index in [-0.39, 0.29) is 10.7 Å². The maximum absolute atomic E-state index is 12.4. The van der Waals surface area contributed by atoms with E-state index >= 15 is 0 Å². The minimum Gasteiger partial charge on any atom is -0.322 e. The predicted molar refractivity (Wildman–Crippen MR) is 85.4 cm³/mol. The van der Waals surface area contributed by atoms with Crippen LogP contribution in [0.1, 0.15) is 39.1 Å². The number of rotatable bonds is 3. The summed E-state index contributed by atoms with van der Waals surface area (Å²) in [5, 5.41) is 2.96. The van der Waals surface area contributed by atoms with E-state index in [9.17, 15) is 4.79 Å². The maximum atomic E-state index is 12.4. The Balaban J connectivity index is 2.28. The quantitative estimate of drug-likeness (QED) is 0.846. The molecule has 0 bridgehead atoms. The second kappa shape index (κ2) is 6.18. The molecule has 1 aromatic heterocycles. The molecule has 104 valence electrons. The average molecular weight is 333 g/mol. The Morgan fingerprint density at radius 3 is 2.55 bits per heavy atom. The van der Waals surface area contributed by atoms with E-state index in [0.29, 0.717) is 5.56 Å². The van der Waals surface area contributed by atoms with E-state index in [0.717, 1.165) is 22.6 Å². The van der Waals surface area contributed by atoms with Crippen molar-refractivity contribution in [2.24, 2.45) is 0 Å². The molecule has 0 fully saturated rings. The van der Waals surface area contributed by atoms with Gasteiger partial charge in [0.2, 0.25) is 0 Å². The third-order valence-electron chi connectivity index (χ3n) is 3.11. The number of aromatic nitrogens is 1. The van der Waals surface area contributed by atoms with Gasteiger partial charge in [-0.3, -0.25) is 9.78 Å². The molecule has 0 aliphatic carbocycles. The van der Waals surface area contributed by atoms with Crippen molar-refractivity contribution in [1.29, 1.82) is 0 Å². The van der Waals surface area contributed by atoms with Gasteiger partial charge in [0.1, 0.15) is 0 Å². The van der Waals surface area contributed by atoms with Gasteiger partial charge >= 0.3 is 0 Å². The molecule has 0 saturated carbocycles. The first-order chi connectivity index (χ1) is 9.49. The third-order valence-corrected chi connectivity index (χ3v) is 3.60. The molecule has 1 unspecified atom stereocenters. The van der Waals surface area contributed by atoms with Gasteiger partial charge < -0.3 is 5.32 Å². The Morgan fingerprint density at radius 2 is 1.90 bits per heavy atom. The summed E-state index contributed by atoms with van der Waals surface area (Å²) in [6.45, 7) is 5.79. The summed E-state index contributed by atoms with van der Waals surface area (Å²) in [7, 11) is 0. The second-order valence-corrected chi connectivity index (χ2v) is 6.12. The fourth-order valence-electron chi connectivity index (χ4n) is 2.07. The van der Waals surface area contributed by atoms with E-state index in [1.165, 1.54) is 0 Å². The van der Waals surface area contributed by atoms with Gasteiger partial charge in [-0.25, -0.2) is 0 Å². The summed E-state index contributed by atoms with van der Waals surface area (Å²) < 4.78 is 0. The van der Waals surface area contributed by atoms with Gasteiger partial charge in [0, 0.05) is 16.2 Å². The van der Waals surface area contributed by atoms with Gasteiger partial charge in [0.15, 0.2) is 0 Å². The number of carbonyl (C=O) groups excluding carboxylic acids is 1. The Bertz CT molecular complexity index is 638. The predicted octanol–water partition coefficient (Wildman–Crippen LogP) is 4.41. The van der Waals surface area contributed by atoms with Crippen LogP contribution in [0.4, 0.5) is 5.69 Å². The smallest absolute Gasteiger partial charge is 0.257 e. The summed E-state index contributed by atoms with van der Waals surface area (Å²) >= 11 is 3.54. The Morgan fingerprint density at radius 1 is 1.20 bits per heavy atom. The van der Waals surface area contributed by atoms with Crippen LogP contribution in [-0.4, -0.2) is 10.9 Å². The molecule has 0 aliphatic rings. The molecule has 0 spiro atoms. The van der Waals surface area contributed by atoms with Crippen LogP contribution >= 0.6 is 15.9 Å². The van der Waals surface area contributed by atoms with E-state index in [2.05, 4.69) is 26.2 Å². The van der Waals surface area contributed by atoms with Crippen molar-refractivity contribution in [3.8, 4) is 0 Å². The number of hydrogen-bond acceptors (Lipinski definition) is 2. The fraction of sp³-hybridized carbons (Fsp3) is 0.250.